The summed E-state index contributed by atoms with van der Waals surface area (Å²) in [6, 6.07) is 20.1. The van der Waals surface area contributed by atoms with Crippen molar-refractivity contribution in [2.45, 2.75) is 19.5 Å². The highest BCUT2D eigenvalue weighted by Crippen LogP contribution is 2.27. The van der Waals surface area contributed by atoms with Crippen LogP contribution in [0.25, 0.3) is 22.3 Å². The van der Waals surface area contributed by atoms with Crippen molar-refractivity contribution in [2.24, 2.45) is 0 Å². The Hall–Kier alpha value is -3.47. The van der Waals surface area contributed by atoms with Gasteiger partial charge in [0.15, 0.2) is 0 Å². The first kappa shape index (κ1) is 17.9. The predicted octanol–water partition coefficient (Wildman–Crippen LogP) is 4.15. The molecule has 4 aromatic rings. The first-order valence-corrected chi connectivity index (χ1v) is 9.35. The molecule has 0 saturated carbocycles. The third-order valence-electron chi connectivity index (χ3n) is 4.85. The van der Waals surface area contributed by atoms with Crippen molar-refractivity contribution in [1.29, 1.82) is 0 Å². The van der Waals surface area contributed by atoms with E-state index < -0.39 is 0 Å². The number of amides is 1. The molecule has 5 nitrogen and oxygen atoms in total. The van der Waals surface area contributed by atoms with E-state index in [1.807, 2.05) is 67.8 Å². The molecular weight excluding hydrogens is 348 g/mol. The van der Waals surface area contributed by atoms with E-state index in [1.54, 1.807) is 17.3 Å². The summed E-state index contributed by atoms with van der Waals surface area (Å²) in [5.74, 6) is 0.110. The lowest BCUT2D eigenvalue weighted by molar-refractivity contribution is -0.130. The van der Waals surface area contributed by atoms with Gasteiger partial charge in [-0.3, -0.25) is 9.78 Å². The van der Waals surface area contributed by atoms with Gasteiger partial charge in [-0.2, -0.15) is 0 Å². The van der Waals surface area contributed by atoms with E-state index in [4.69, 9.17) is 0 Å². The molecule has 1 aromatic carbocycles. The normalized spacial score (nSPS) is 10.9. The molecule has 3 aromatic heterocycles. The SMILES string of the molecule is CN(Cc1ccccc1)C(=O)CCn1c(-c2cccnc2)cc2cccnc21. The first-order valence-electron chi connectivity index (χ1n) is 9.35. The molecule has 0 aliphatic heterocycles. The van der Waals surface area contributed by atoms with E-state index in [1.165, 1.54) is 0 Å². The molecule has 4 rings (SSSR count). The van der Waals surface area contributed by atoms with Gasteiger partial charge in [0.25, 0.3) is 0 Å². The maximum atomic E-state index is 12.7. The first-order chi connectivity index (χ1) is 13.7. The van der Waals surface area contributed by atoms with E-state index in [2.05, 4.69) is 20.6 Å². The number of pyridine rings is 2. The number of carbonyl (C=O) groups excluding carboxylic acids is 1. The average Bonchev–Trinajstić information content (AvgIpc) is 3.12. The minimum atomic E-state index is 0.110. The minimum Gasteiger partial charge on any atom is -0.341 e. The summed E-state index contributed by atoms with van der Waals surface area (Å²) < 4.78 is 2.11. The third-order valence-corrected chi connectivity index (χ3v) is 4.85. The fraction of sp³-hybridized carbons (Fsp3) is 0.174. The van der Waals surface area contributed by atoms with Crippen molar-refractivity contribution >= 4 is 16.9 Å². The standard InChI is InChI=1S/C23H22N4O/c1-26(17-18-7-3-2-4-8-18)22(28)11-14-27-21(20-10-5-12-24-16-20)15-19-9-6-13-25-23(19)27/h2-10,12-13,15-16H,11,14,17H2,1H3. The lowest BCUT2D eigenvalue weighted by Crippen LogP contribution is -2.27. The van der Waals surface area contributed by atoms with Crippen molar-refractivity contribution in [3.8, 4) is 11.3 Å². The molecule has 0 aliphatic carbocycles. The van der Waals surface area contributed by atoms with Crippen molar-refractivity contribution < 1.29 is 4.79 Å². The smallest absolute Gasteiger partial charge is 0.224 e. The molecule has 5 heteroatoms. The zero-order chi connectivity index (χ0) is 19.3. The number of rotatable bonds is 6. The largest absolute Gasteiger partial charge is 0.341 e. The van der Waals surface area contributed by atoms with Crippen LogP contribution < -0.4 is 0 Å². The van der Waals surface area contributed by atoms with Crippen LogP contribution in [0.4, 0.5) is 0 Å². The molecule has 0 spiro atoms. The van der Waals surface area contributed by atoms with E-state index in [-0.39, 0.29) is 5.91 Å². The Morgan fingerprint density at radius 3 is 2.64 bits per heavy atom. The van der Waals surface area contributed by atoms with Gasteiger partial charge in [-0.05, 0) is 35.9 Å². The summed E-state index contributed by atoms with van der Waals surface area (Å²) in [6.45, 7) is 1.18. The summed E-state index contributed by atoms with van der Waals surface area (Å²) in [4.78, 5) is 23.3. The highest BCUT2D eigenvalue weighted by molar-refractivity contribution is 5.84. The van der Waals surface area contributed by atoms with Gasteiger partial charge in [0, 0.05) is 56.1 Å². The van der Waals surface area contributed by atoms with Gasteiger partial charge >= 0.3 is 0 Å². The molecule has 1 amide bonds. The van der Waals surface area contributed by atoms with Gasteiger partial charge in [0.1, 0.15) is 5.65 Å². The Labute approximate surface area is 164 Å². The quantitative estimate of drug-likeness (QED) is 0.512. The molecule has 3 heterocycles. The maximum absolute atomic E-state index is 12.7. The van der Waals surface area contributed by atoms with Crippen LogP contribution in [-0.4, -0.2) is 32.4 Å². The second kappa shape index (κ2) is 8.05. The van der Waals surface area contributed by atoms with Crippen LogP contribution in [0.1, 0.15) is 12.0 Å². The van der Waals surface area contributed by atoms with Gasteiger partial charge in [-0.1, -0.05) is 30.3 Å². The monoisotopic (exact) mass is 370 g/mol. The summed E-state index contributed by atoms with van der Waals surface area (Å²) in [5.41, 5.74) is 4.06. The third kappa shape index (κ3) is 3.78. The van der Waals surface area contributed by atoms with Crippen molar-refractivity contribution in [3.63, 3.8) is 0 Å². The minimum absolute atomic E-state index is 0.110. The molecule has 0 atom stereocenters. The number of hydrogen-bond acceptors (Lipinski definition) is 3. The highest BCUT2D eigenvalue weighted by atomic mass is 16.2. The van der Waals surface area contributed by atoms with Crippen LogP contribution in [0, 0.1) is 0 Å². The Balaban J connectivity index is 1.55. The number of aromatic nitrogens is 3. The van der Waals surface area contributed by atoms with Crippen LogP contribution in [0.3, 0.4) is 0 Å². The molecule has 140 valence electrons. The van der Waals surface area contributed by atoms with E-state index in [0.29, 0.717) is 19.5 Å². The van der Waals surface area contributed by atoms with Gasteiger partial charge in [-0.25, -0.2) is 4.98 Å². The Morgan fingerprint density at radius 1 is 1.04 bits per heavy atom. The van der Waals surface area contributed by atoms with Crippen LogP contribution in [0.2, 0.25) is 0 Å². The number of nitrogens with zero attached hydrogens (tertiary/aromatic N) is 4. The topological polar surface area (TPSA) is 51.0 Å². The van der Waals surface area contributed by atoms with Crippen LogP contribution in [0.15, 0.2) is 79.3 Å². The molecule has 0 radical (unpaired) electrons. The van der Waals surface area contributed by atoms with Crippen molar-refractivity contribution in [1.82, 2.24) is 19.4 Å². The number of aryl methyl sites for hydroxylation is 1. The zero-order valence-electron chi connectivity index (χ0n) is 15.8. The predicted molar refractivity (Wildman–Crippen MR) is 110 cm³/mol. The molecule has 28 heavy (non-hydrogen) atoms. The van der Waals surface area contributed by atoms with Crippen LogP contribution in [-0.2, 0) is 17.9 Å². The van der Waals surface area contributed by atoms with Crippen molar-refractivity contribution in [2.75, 3.05) is 7.05 Å². The summed E-state index contributed by atoms with van der Waals surface area (Å²) in [7, 11) is 1.85. The fourth-order valence-corrected chi connectivity index (χ4v) is 3.41. The lowest BCUT2D eigenvalue weighted by Gasteiger charge is -2.18. The second-order valence-electron chi connectivity index (χ2n) is 6.82. The molecule has 0 fully saturated rings. The number of fused-ring (bicyclic) bond motifs is 1. The average molecular weight is 370 g/mol. The van der Waals surface area contributed by atoms with Crippen molar-refractivity contribution in [3.05, 3.63) is 84.8 Å². The molecule has 0 saturated heterocycles. The Morgan fingerprint density at radius 2 is 1.86 bits per heavy atom. The van der Waals surface area contributed by atoms with Crippen LogP contribution >= 0.6 is 0 Å². The summed E-state index contributed by atoms with van der Waals surface area (Å²) >= 11 is 0. The van der Waals surface area contributed by atoms with Gasteiger partial charge in [-0.15, -0.1) is 0 Å². The summed E-state index contributed by atoms with van der Waals surface area (Å²) in [5, 5.41) is 1.06. The molecule has 0 N–H and O–H groups in total. The lowest BCUT2D eigenvalue weighted by atomic mass is 10.2. The fourth-order valence-electron chi connectivity index (χ4n) is 3.41. The molecule has 0 aliphatic rings. The molecule has 0 unspecified atom stereocenters. The van der Waals surface area contributed by atoms with Gasteiger partial charge < -0.3 is 9.47 Å². The summed E-state index contributed by atoms with van der Waals surface area (Å²) in [6.07, 6.45) is 5.80. The van der Waals surface area contributed by atoms with E-state index in [0.717, 1.165) is 27.9 Å². The zero-order valence-corrected chi connectivity index (χ0v) is 15.8. The molecule has 0 bridgehead atoms. The van der Waals surface area contributed by atoms with E-state index in [9.17, 15) is 4.79 Å². The second-order valence-corrected chi connectivity index (χ2v) is 6.82. The highest BCUT2D eigenvalue weighted by Gasteiger charge is 2.15. The van der Waals surface area contributed by atoms with E-state index >= 15 is 0 Å². The number of benzene rings is 1. The maximum Gasteiger partial charge on any atom is 0.224 e. The molecular formula is C23H22N4O. The Bertz CT molecular complexity index is 1070. The van der Waals surface area contributed by atoms with Crippen LogP contribution in [0.5, 0.6) is 0 Å². The number of carbonyl (C=O) groups is 1. The Kier molecular flexibility index (Phi) is 5.15. The number of hydrogen-bond donors (Lipinski definition) is 0. The van der Waals surface area contributed by atoms with Gasteiger partial charge in [0.05, 0.1) is 5.69 Å². The van der Waals surface area contributed by atoms with Gasteiger partial charge in [0.2, 0.25) is 5.91 Å².